The zero-order valence-corrected chi connectivity index (χ0v) is 7.95. The lowest BCUT2D eigenvalue weighted by molar-refractivity contribution is 0.156. The van der Waals surface area contributed by atoms with Gasteiger partial charge >= 0.3 is 0 Å². The summed E-state index contributed by atoms with van der Waals surface area (Å²) in [5.41, 5.74) is 6.96. The van der Waals surface area contributed by atoms with Crippen LogP contribution in [0.5, 0.6) is 0 Å². The predicted molar refractivity (Wildman–Crippen MR) is 51.4 cm³/mol. The van der Waals surface area contributed by atoms with Crippen LogP contribution >= 0.6 is 0 Å². The molecule has 78 valence electrons. The van der Waals surface area contributed by atoms with Crippen LogP contribution in [0, 0.1) is 0 Å². The number of hydrogen-bond acceptors (Lipinski definition) is 3. The van der Waals surface area contributed by atoms with Crippen molar-refractivity contribution in [3.63, 3.8) is 0 Å². The smallest absolute Gasteiger partial charge is 0.255 e. The minimum Gasteiger partial charge on any atom is -0.367 e. The minimum absolute atomic E-state index is 0.307. The maximum Gasteiger partial charge on any atom is 0.255 e. The molecule has 0 saturated carbocycles. The summed E-state index contributed by atoms with van der Waals surface area (Å²) < 4.78 is 24.2. The van der Waals surface area contributed by atoms with E-state index < -0.39 is 6.43 Å². The van der Waals surface area contributed by atoms with E-state index in [-0.39, 0.29) is 6.54 Å². The van der Waals surface area contributed by atoms with E-state index in [4.69, 9.17) is 5.73 Å². The fraction of sp³-hybridized carbons (Fsp3) is 0.444. The van der Waals surface area contributed by atoms with Gasteiger partial charge in [-0.2, -0.15) is 0 Å². The van der Waals surface area contributed by atoms with E-state index in [1.807, 2.05) is 0 Å². The second kappa shape index (κ2) is 4.85. The zero-order chi connectivity index (χ0) is 10.6. The maximum absolute atomic E-state index is 12.1. The van der Waals surface area contributed by atoms with Crippen LogP contribution in [0.2, 0.25) is 0 Å². The number of pyridine rings is 1. The Labute approximate surface area is 81.5 Å². The van der Waals surface area contributed by atoms with Crippen molar-refractivity contribution in [2.75, 3.05) is 18.5 Å². The first-order chi connectivity index (χ1) is 6.65. The first kappa shape index (κ1) is 10.8. The molecule has 0 aliphatic carbocycles. The van der Waals surface area contributed by atoms with Gasteiger partial charge in [-0.1, -0.05) is 0 Å². The standard InChI is InChI=1S/C9H13F2N3/c1-14(6-9(10)11)8-5-13-3-2-7(8)4-12/h2-3,5,9H,4,6,12H2,1H3. The number of halogens is 2. The van der Waals surface area contributed by atoms with Crippen molar-refractivity contribution in [2.24, 2.45) is 5.73 Å². The molecule has 0 atom stereocenters. The summed E-state index contributed by atoms with van der Waals surface area (Å²) in [5.74, 6) is 0. The van der Waals surface area contributed by atoms with Crippen LogP contribution in [0.3, 0.4) is 0 Å². The summed E-state index contributed by atoms with van der Waals surface area (Å²) in [6, 6.07) is 1.73. The fourth-order valence-corrected chi connectivity index (χ4v) is 1.24. The molecule has 0 aliphatic heterocycles. The predicted octanol–water partition coefficient (Wildman–Crippen LogP) is 1.24. The van der Waals surface area contributed by atoms with Crippen LogP contribution in [0.25, 0.3) is 0 Å². The highest BCUT2D eigenvalue weighted by Gasteiger charge is 2.11. The molecule has 0 aromatic carbocycles. The summed E-state index contributed by atoms with van der Waals surface area (Å²) in [5, 5.41) is 0. The van der Waals surface area contributed by atoms with Gasteiger partial charge in [0.25, 0.3) is 6.43 Å². The number of anilines is 1. The quantitative estimate of drug-likeness (QED) is 0.797. The molecule has 0 fully saturated rings. The molecule has 0 unspecified atom stereocenters. The number of nitrogens with two attached hydrogens (primary N) is 1. The van der Waals surface area contributed by atoms with Gasteiger partial charge in [-0.15, -0.1) is 0 Å². The van der Waals surface area contributed by atoms with Crippen LogP contribution < -0.4 is 10.6 Å². The molecule has 5 heteroatoms. The second-order valence-corrected chi connectivity index (χ2v) is 2.98. The highest BCUT2D eigenvalue weighted by atomic mass is 19.3. The largest absolute Gasteiger partial charge is 0.367 e. The molecule has 0 radical (unpaired) electrons. The van der Waals surface area contributed by atoms with Crippen molar-refractivity contribution in [3.05, 3.63) is 24.0 Å². The van der Waals surface area contributed by atoms with Crippen molar-refractivity contribution in [1.82, 2.24) is 4.98 Å². The summed E-state index contributed by atoms with van der Waals surface area (Å²) >= 11 is 0. The van der Waals surface area contributed by atoms with Gasteiger partial charge in [-0.25, -0.2) is 8.78 Å². The average molecular weight is 201 g/mol. The van der Waals surface area contributed by atoms with E-state index in [1.54, 1.807) is 25.5 Å². The molecular formula is C9H13F2N3. The van der Waals surface area contributed by atoms with E-state index in [1.165, 1.54) is 4.90 Å². The molecular weight excluding hydrogens is 188 g/mol. The van der Waals surface area contributed by atoms with Crippen molar-refractivity contribution in [3.8, 4) is 0 Å². The number of rotatable bonds is 4. The Morgan fingerprint density at radius 2 is 2.29 bits per heavy atom. The summed E-state index contributed by atoms with van der Waals surface area (Å²) in [6.07, 6.45) is 0.790. The molecule has 0 aliphatic rings. The Bertz CT molecular complexity index is 291. The average Bonchev–Trinajstić information content (AvgIpc) is 2.16. The van der Waals surface area contributed by atoms with Gasteiger partial charge in [0.2, 0.25) is 0 Å². The van der Waals surface area contributed by atoms with Gasteiger partial charge in [0, 0.05) is 19.8 Å². The number of nitrogens with zero attached hydrogens (tertiary/aromatic N) is 2. The van der Waals surface area contributed by atoms with Gasteiger partial charge in [0.1, 0.15) is 0 Å². The lowest BCUT2D eigenvalue weighted by Gasteiger charge is -2.20. The SMILES string of the molecule is CN(CC(F)F)c1cnccc1CN. The van der Waals surface area contributed by atoms with Crippen molar-refractivity contribution in [2.45, 2.75) is 13.0 Å². The van der Waals surface area contributed by atoms with Gasteiger partial charge in [0.05, 0.1) is 18.4 Å². The maximum atomic E-state index is 12.1. The van der Waals surface area contributed by atoms with Crippen LogP contribution in [0.4, 0.5) is 14.5 Å². The second-order valence-electron chi connectivity index (χ2n) is 2.98. The van der Waals surface area contributed by atoms with Gasteiger partial charge < -0.3 is 10.6 Å². The molecule has 1 rings (SSSR count). The van der Waals surface area contributed by atoms with E-state index in [0.29, 0.717) is 12.2 Å². The molecule has 0 saturated heterocycles. The minimum atomic E-state index is -2.36. The van der Waals surface area contributed by atoms with Crippen molar-refractivity contribution >= 4 is 5.69 Å². The molecule has 2 N–H and O–H groups in total. The lowest BCUT2D eigenvalue weighted by atomic mass is 10.2. The Hall–Kier alpha value is -1.23. The fourth-order valence-electron chi connectivity index (χ4n) is 1.24. The third-order valence-electron chi connectivity index (χ3n) is 1.93. The van der Waals surface area contributed by atoms with E-state index in [0.717, 1.165) is 5.56 Å². The molecule has 1 aromatic rings. The Morgan fingerprint density at radius 1 is 1.57 bits per heavy atom. The van der Waals surface area contributed by atoms with Crippen LogP contribution in [0.15, 0.2) is 18.5 Å². The number of alkyl halides is 2. The Morgan fingerprint density at radius 3 is 2.86 bits per heavy atom. The molecule has 0 bridgehead atoms. The highest BCUT2D eigenvalue weighted by Crippen LogP contribution is 2.17. The van der Waals surface area contributed by atoms with E-state index in [2.05, 4.69) is 4.98 Å². The summed E-state index contributed by atoms with van der Waals surface area (Å²) in [4.78, 5) is 5.34. The number of hydrogen-bond donors (Lipinski definition) is 1. The molecule has 14 heavy (non-hydrogen) atoms. The highest BCUT2D eigenvalue weighted by molar-refractivity contribution is 5.50. The lowest BCUT2D eigenvalue weighted by Crippen LogP contribution is -2.25. The normalized spacial score (nSPS) is 10.6. The number of aromatic nitrogens is 1. The first-order valence-electron chi connectivity index (χ1n) is 4.27. The van der Waals surface area contributed by atoms with E-state index in [9.17, 15) is 8.78 Å². The third-order valence-corrected chi connectivity index (χ3v) is 1.93. The van der Waals surface area contributed by atoms with Crippen LogP contribution in [-0.4, -0.2) is 25.0 Å². The topological polar surface area (TPSA) is 42.2 Å². The molecule has 0 spiro atoms. The van der Waals surface area contributed by atoms with Crippen molar-refractivity contribution < 1.29 is 8.78 Å². The van der Waals surface area contributed by atoms with Crippen LogP contribution in [-0.2, 0) is 6.54 Å². The van der Waals surface area contributed by atoms with Gasteiger partial charge in [0.15, 0.2) is 0 Å². The Balaban J connectivity index is 2.82. The Kier molecular flexibility index (Phi) is 3.76. The molecule has 3 nitrogen and oxygen atoms in total. The third kappa shape index (κ3) is 2.63. The monoisotopic (exact) mass is 201 g/mol. The summed E-state index contributed by atoms with van der Waals surface area (Å²) in [6.45, 7) is 0.0180. The molecule has 0 amide bonds. The van der Waals surface area contributed by atoms with Crippen molar-refractivity contribution in [1.29, 1.82) is 0 Å². The van der Waals surface area contributed by atoms with Gasteiger partial charge in [-0.3, -0.25) is 4.98 Å². The zero-order valence-electron chi connectivity index (χ0n) is 7.95. The van der Waals surface area contributed by atoms with Gasteiger partial charge in [-0.05, 0) is 11.6 Å². The first-order valence-corrected chi connectivity index (χ1v) is 4.27. The summed E-state index contributed by atoms with van der Waals surface area (Å²) in [7, 11) is 1.60. The van der Waals surface area contributed by atoms with Crippen LogP contribution in [0.1, 0.15) is 5.56 Å². The van der Waals surface area contributed by atoms with E-state index >= 15 is 0 Å². The molecule has 1 aromatic heterocycles. The molecule has 1 heterocycles.